The number of carbonyl (C=O) groups is 3. The fraction of sp³-hybridized carbons (Fsp3) is 0.278. The van der Waals surface area contributed by atoms with Crippen molar-refractivity contribution in [1.82, 2.24) is 4.90 Å². The zero-order chi connectivity index (χ0) is 19.3. The molecule has 0 fully saturated rings. The lowest BCUT2D eigenvalue weighted by Crippen LogP contribution is -2.37. The summed E-state index contributed by atoms with van der Waals surface area (Å²) in [7, 11) is 1.41. The molecule has 1 aromatic heterocycles. The smallest absolute Gasteiger partial charge is 0.342 e. The number of anilines is 1. The highest BCUT2D eigenvalue weighted by Gasteiger charge is 2.19. The summed E-state index contributed by atoms with van der Waals surface area (Å²) >= 11 is 0. The minimum Gasteiger partial charge on any atom is -0.466 e. The zero-order valence-electron chi connectivity index (χ0n) is 14.7. The van der Waals surface area contributed by atoms with Gasteiger partial charge in [0.05, 0.1) is 6.54 Å². The molecule has 2 rings (SSSR count). The van der Waals surface area contributed by atoms with Crippen molar-refractivity contribution in [3.05, 3.63) is 53.2 Å². The van der Waals surface area contributed by atoms with E-state index in [0.29, 0.717) is 17.2 Å². The first-order chi connectivity index (χ1) is 12.3. The maximum absolute atomic E-state index is 12.8. The van der Waals surface area contributed by atoms with E-state index in [0.717, 1.165) is 4.90 Å². The van der Waals surface area contributed by atoms with Crippen molar-refractivity contribution in [2.24, 2.45) is 0 Å². The van der Waals surface area contributed by atoms with Gasteiger partial charge in [0, 0.05) is 12.7 Å². The minimum absolute atomic E-state index is 0.238. The molecule has 0 saturated heterocycles. The molecule has 138 valence electrons. The van der Waals surface area contributed by atoms with Crippen LogP contribution in [0.4, 0.5) is 10.1 Å². The summed E-state index contributed by atoms with van der Waals surface area (Å²) in [5.41, 5.74) is 0.668. The van der Waals surface area contributed by atoms with E-state index in [2.05, 4.69) is 5.32 Å². The van der Waals surface area contributed by atoms with E-state index in [4.69, 9.17) is 9.15 Å². The van der Waals surface area contributed by atoms with Crippen LogP contribution in [0.25, 0.3) is 0 Å². The van der Waals surface area contributed by atoms with Gasteiger partial charge in [0.1, 0.15) is 22.9 Å². The monoisotopic (exact) mass is 362 g/mol. The highest BCUT2D eigenvalue weighted by molar-refractivity contribution is 5.95. The second kappa shape index (κ2) is 8.28. The third kappa shape index (κ3) is 5.17. The van der Waals surface area contributed by atoms with Crippen LogP contribution in [0.5, 0.6) is 0 Å². The van der Waals surface area contributed by atoms with Gasteiger partial charge < -0.3 is 19.4 Å². The molecule has 0 atom stereocenters. The van der Waals surface area contributed by atoms with Crippen LogP contribution in [-0.4, -0.2) is 42.9 Å². The van der Waals surface area contributed by atoms with E-state index in [1.54, 1.807) is 13.8 Å². The van der Waals surface area contributed by atoms with Crippen molar-refractivity contribution >= 4 is 23.5 Å². The van der Waals surface area contributed by atoms with Crippen molar-refractivity contribution in [1.29, 1.82) is 0 Å². The van der Waals surface area contributed by atoms with Crippen LogP contribution < -0.4 is 5.32 Å². The largest absolute Gasteiger partial charge is 0.466 e. The van der Waals surface area contributed by atoms with Crippen LogP contribution in [0, 0.1) is 19.7 Å². The van der Waals surface area contributed by atoms with Crippen LogP contribution >= 0.6 is 0 Å². The fourth-order valence-corrected chi connectivity index (χ4v) is 2.19. The number of halogens is 1. The van der Waals surface area contributed by atoms with Crippen LogP contribution in [0.2, 0.25) is 0 Å². The predicted octanol–water partition coefficient (Wildman–Crippen LogP) is 2.29. The number of aryl methyl sites for hydroxylation is 2. The number of nitrogens with one attached hydrogen (secondary N) is 1. The van der Waals surface area contributed by atoms with Gasteiger partial charge in [-0.15, -0.1) is 0 Å². The molecule has 0 aliphatic rings. The number of hydrogen-bond acceptors (Lipinski definition) is 5. The van der Waals surface area contributed by atoms with Gasteiger partial charge in [-0.2, -0.15) is 0 Å². The fourth-order valence-electron chi connectivity index (χ4n) is 2.19. The third-order valence-electron chi connectivity index (χ3n) is 3.52. The number of furan rings is 1. The first kappa shape index (κ1) is 19.2. The number of hydrogen-bond donors (Lipinski definition) is 1. The van der Waals surface area contributed by atoms with Gasteiger partial charge >= 0.3 is 5.97 Å². The molecule has 0 radical (unpaired) electrons. The lowest BCUT2D eigenvalue weighted by Gasteiger charge is -2.16. The average molecular weight is 362 g/mol. The number of likely N-dealkylation sites (N-methyl/N-ethyl adjacent to an activating group) is 1. The van der Waals surface area contributed by atoms with E-state index in [-0.39, 0.29) is 12.1 Å². The van der Waals surface area contributed by atoms with Crippen LogP contribution in [0.15, 0.2) is 34.7 Å². The first-order valence-electron chi connectivity index (χ1n) is 7.80. The summed E-state index contributed by atoms with van der Waals surface area (Å²) in [6.45, 7) is 2.58. The molecule has 0 bridgehead atoms. The molecule has 1 N–H and O–H groups in total. The highest BCUT2D eigenvalue weighted by atomic mass is 19.1. The molecule has 2 aromatic rings. The molecule has 0 aliphatic carbocycles. The zero-order valence-corrected chi connectivity index (χ0v) is 14.7. The Labute approximate surface area is 149 Å². The SMILES string of the molecule is Cc1cc(C(=O)OCC(=O)N(C)CC(=O)Nc2ccc(F)cc2)c(C)o1. The molecule has 2 amide bonds. The van der Waals surface area contributed by atoms with Gasteiger partial charge in [0.15, 0.2) is 6.61 Å². The number of benzene rings is 1. The van der Waals surface area contributed by atoms with Gasteiger partial charge in [0.25, 0.3) is 5.91 Å². The lowest BCUT2D eigenvalue weighted by molar-refractivity contribution is -0.136. The number of esters is 1. The Kier molecular flexibility index (Phi) is 6.11. The molecule has 1 heterocycles. The predicted molar refractivity (Wildman–Crippen MR) is 91.1 cm³/mol. The molecule has 8 heteroatoms. The Balaban J connectivity index is 1.81. The van der Waals surface area contributed by atoms with E-state index in [1.165, 1.54) is 37.4 Å². The first-order valence-corrected chi connectivity index (χ1v) is 7.80. The summed E-state index contributed by atoms with van der Waals surface area (Å²) in [4.78, 5) is 37.0. The van der Waals surface area contributed by atoms with Gasteiger partial charge in [-0.3, -0.25) is 9.59 Å². The number of carbonyl (C=O) groups excluding carboxylic acids is 3. The minimum atomic E-state index is -0.670. The Bertz CT molecular complexity index is 813. The highest BCUT2D eigenvalue weighted by Crippen LogP contribution is 2.14. The van der Waals surface area contributed by atoms with Crippen LogP contribution in [0.1, 0.15) is 21.9 Å². The molecule has 0 saturated carbocycles. The number of rotatable bonds is 6. The Hall–Kier alpha value is -3.16. The molecular formula is C18H19FN2O5. The van der Waals surface area contributed by atoms with Crippen LogP contribution in [-0.2, 0) is 14.3 Å². The van der Waals surface area contributed by atoms with Crippen molar-refractivity contribution in [3.63, 3.8) is 0 Å². The summed E-state index contributed by atoms with van der Waals surface area (Å²) in [6.07, 6.45) is 0. The number of amides is 2. The van der Waals surface area contributed by atoms with Gasteiger partial charge in [0.2, 0.25) is 5.91 Å². The average Bonchev–Trinajstić information content (AvgIpc) is 2.92. The van der Waals surface area contributed by atoms with Crippen molar-refractivity contribution < 1.29 is 27.9 Å². The van der Waals surface area contributed by atoms with E-state index in [9.17, 15) is 18.8 Å². The number of nitrogens with zero attached hydrogens (tertiary/aromatic N) is 1. The maximum Gasteiger partial charge on any atom is 0.342 e. The van der Waals surface area contributed by atoms with E-state index < -0.39 is 30.2 Å². The van der Waals surface area contributed by atoms with Crippen molar-refractivity contribution in [2.45, 2.75) is 13.8 Å². The molecule has 7 nitrogen and oxygen atoms in total. The van der Waals surface area contributed by atoms with Gasteiger partial charge in [-0.05, 0) is 44.2 Å². The molecule has 1 aromatic carbocycles. The Morgan fingerprint density at radius 3 is 2.42 bits per heavy atom. The molecule has 0 unspecified atom stereocenters. The molecular weight excluding hydrogens is 343 g/mol. The summed E-state index contributed by atoms with van der Waals surface area (Å²) in [5, 5.41) is 2.54. The van der Waals surface area contributed by atoms with Crippen molar-refractivity contribution in [3.8, 4) is 0 Å². The van der Waals surface area contributed by atoms with E-state index >= 15 is 0 Å². The maximum atomic E-state index is 12.8. The topological polar surface area (TPSA) is 88.9 Å². The molecule has 0 spiro atoms. The Morgan fingerprint density at radius 1 is 1.19 bits per heavy atom. The Morgan fingerprint density at radius 2 is 1.85 bits per heavy atom. The lowest BCUT2D eigenvalue weighted by atomic mass is 10.2. The number of ether oxygens (including phenoxy) is 1. The van der Waals surface area contributed by atoms with E-state index in [1.807, 2.05) is 0 Å². The van der Waals surface area contributed by atoms with Gasteiger partial charge in [-0.25, -0.2) is 9.18 Å². The standard InChI is InChI=1S/C18H19FN2O5/c1-11-8-15(12(2)26-11)18(24)25-10-17(23)21(3)9-16(22)20-14-6-4-13(19)5-7-14/h4-8H,9-10H2,1-3H3,(H,20,22). The summed E-state index contributed by atoms with van der Waals surface area (Å²) in [6, 6.07) is 6.77. The third-order valence-corrected chi connectivity index (χ3v) is 3.52. The second-order valence-corrected chi connectivity index (χ2v) is 5.71. The summed E-state index contributed by atoms with van der Waals surface area (Å²) < 4.78 is 23.0. The van der Waals surface area contributed by atoms with Crippen LogP contribution in [0.3, 0.4) is 0 Å². The second-order valence-electron chi connectivity index (χ2n) is 5.71. The quantitative estimate of drug-likeness (QED) is 0.797. The molecule has 26 heavy (non-hydrogen) atoms. The van der Waals surface area contributed by atoms with Gasteiger partial charge in [-0.1, -0.05) is 0 Å². The molecule has 0 aliphatic heterocycles. The van der Waals surface area contributed by atoms with Crippen molar-refractivity contribution in [2.75, 3.05) is 25.5 Å². The normalized spacial score (nSPS) is 10.3. The summed E-state index contributed by atoms with van der Waals surface area (Å²) in [5.74, 6) is -1.11.